The van der Waals surface area contributed by atoms with Crippen molar-refractivity contribution in [3.05, 3.63) is 0 Å². The molecule has 0 aliphatic carbocycles. The van der Waals surface area contributed by atoms with Crippen molar-refractivity contribution >= 4 is 16.3 Å². The Labute approximate surface area is 316 Å². The number of ether oxygens (including phenoxy) is 2. The summed E-state index contributed by atoms with van der Waals surface area (Å²) in [4.78, 5) is 13.0. The molecule has 0 radical (unpaired) electrons. The van der Waals surface area contributed by atoms with Crippen LogP contribution >= 0.6 is 0 Å². The summed E-state index contributed by atoms with van der Waals surface area (Å²) in [5.41, 5.74) is 0. The molecule has 1 saturated heterocycles. The van der Waals surface area contributed by atoms with E-state index in [2.05, 4.69) is 23.3 Å². The van der Waals surface area contributed by atoms with Crippen molar-refractivity contribution in [3.8, 4) is 0 Å². The standard InChI is InChI=1S/C39H77NO11S/c1-3-5-7-9-11-13-15-16-17-18-19-21-23-25-27-29-35(43)40-32(33(42)28-26-24-22-20-14-12-10-8-6-4-2)31-49-39-37(45)38(51-52(46,47)48)36(44)34(30-41)50-39/h32-34,36-39,41-42,44-45H,3-31H2,1-2H3,(H,40,43)(H,46,47,48). The van der Waals surface area contributed by atoms with Gasteiger partial charge in [-0.25, -0.2) is 4.18 Å². The maximum atomic E-state index is 13.0. The van der Waals surface area contributed by atoms with E-state index in [-0.39, 0.29) is 12.5 Å². The van der Waals surface area contributed by atoms with E-state index < -0.39 is 59.9 Å². The number of carbonyl (C=O) groups excluding carboxylic acids is 1. The Morgan fingerprint density at radius 1 is 0.692 bits per heavy atom. The highest BCUT2D eigenvalue weighted by atomic mass is 32.3. The monoisotopic (exact) mass is 768 g/mol. The number of unbranched alkanes of at least 4 members (excludes halogenated alkanes) is 23. The first-order valence-electron chi connectivity index (χ1n) is 20.9. The smallest absolute Gasteiger partial charge is 0.394 e. The van der Waals surface area contributed by atoms with Gasteiger partial charge in [0.2, 0.25) is 5.91 Å². The zero-order valence-electron chi connectivity index (χ0n) is 32.6. The van der Waals surface area contributed by atoms with Crippen molar-refractivity contribution in [3.63, 3.8) is 0 Å². The number of rotatable bonds is 35. The van der Waals surface area contributed by atoms with E-state index in [0.717, 1.165) is 51.4 Å². The van der Waals surface area contributed by atoms with Crippen LogP contribution in [0.1, 0.15) is 187 Å². The summed E-state index contributed by atoms with van der Waals surface area (Å²) in [7, 11) is -5.07. The van der Waals surface area contributed by atoms with Crippen LogP contribution in [-0.4, -0.2) is 95.4 Å². The molecule has 12 nitrogen and oxygen atoms in total. The first-order chi connectivity index (χ1) is 25.0. The van der Waals surface area contributed by atoms with E-state index >= 15 is 0 Å². The van der Waals surface area contributed by atoms with Gasteiger partial charge in [0.15, 0.2) is 6.29 Å². The number of amides is 1. The predicted molar refractivity (Wildman–Crippen MR) is 204 cm³/mol. The number of aliphatic hydroxyl groups excluding tert-OH is 4. The molecule has 52 heavy (non-hydrogen) atoms. The molecular weight excluding hydrogens is 690 g/mol. The highest BCUT2D eigenvalue weighted by molar-refractivity contribution is 7.80. The summed E-state index contributed by atoms with van der Waals surface area (Å²) in [6, 6.07) is -0.849. The minimum Gasteiger partial charge on any atom is -0.394 e. The largest absolute Gasteiger partial charge is 0.397 e. The van der Waals surface area contributed by atoms with Crippen LogP contribution in [0, 0.1) is 0 Å². The molecule has 1 rings (SSSR count). The van der Waals surface area contributed by atoms with Gasteiger partial charge in [-0.15, -0.1) is 0 Å². The molecule has 0 aromatic heterocycles. The summed E-state index contributed by atoms with van der Waals surface area (Å²) < 4.78 is 47.4. The fourth-order valence-corrected chi connectivity index (χ4v) is 7.38. The number of hydrogen-bond donors (Lipinski definition) is 6. The van der Waals surface area contributed by atoms with Gasteiger partial charge >= 0.3 is 10.4 Å². The Morgan fingerprint density at radius 3 is 1.54 bits per heavy atom. The Balaban J connectivity index is 2.53. The van der Waals surface area contributed by atoms with Gasteiger partial charge in [-0.2, -0.15) is 8.42 Å². The lowest BCUT2D eigenvalue weighted by atomic mass is 9.99. The third kappa shape index (κ3) is 24.5. The van der Waals surface area contributed by atoms with E-state index in [4.69, 9.17) is 14.0 Å². The summed E-state index contributed by atoms with van der Waals surface area (Å²) >= 11 is 0. The fourth-order valence-electron chi connectivity index (χ4n) is 6.87. The van der Waals surface area contributed by atoms with Crippen molar-refractivity contribution in [1.82, 2.24) is 5.32 Å². The topological polar surface area (TPSA) is 192 Å². The molecule has 6 N–H and O–H groups in total. The van der Waals surface area contributed by atoms with Gasteiger partial charge in [-0.3, -0.25) is 9.35 Å². The lowest BCUT2D eigenvalue weighted by molar-refractivity contribution is -0.298. The molecule has 0 aromatic carbocycles. The van der Waals surface area contributed by atoms with Crippen molar-refractivity contribution in [2.45, 2.75) is 230 Å². The van der Waals surface area contributed by atoms with Crippen LogP contribution in [0.4, 0.5) is 0 Å². The van der Waals surface area contributed by atoms with Gasteiger partial charge in [-0.05, 0) is 12.8 Å². The molecule has 0 spiro atoms. The first kappa shape index (κ1) is 49.1. The van der Waals surface area contributed by atoms with Crippen LogP contribution in [0.3, 0.4) is 0 Å². The zero-order chi connectivity index (χ0) is 38.5. The molecule has 7 unspecified atom stereocenters. The van der Waals surface area contributed by atoms with E-state index in [1.54, 1.807) is 0 Å². The molecule has 0 aromatic rings. The second kappa shape index (κ2) is 31.3. The van der Waals surface area contributed by atoms with Gasteiger partial charge in [0, 0.05) is 6.42 Å². The number of nitrogens with one attached hydrogen (secondary N) is 1. The Kier molecular flexibility index (Phi) is 29.6. The Hall–Kier alpha value is -0.900. The minimum absolute atomic E-state index is 0.230. The maximum Gasteiger partial charge on any atom is 0.397 e. The Bertz CT molecular complexity index is 957. The van der Waals surface area contributed by atoms with Gasteiger partial charge in [-0.1, -0.05) is 168 Å². The molecule has 7 atom stereocenters. The highest BCUT2D eigenvalue weighted by Crippen LogP contribution is 2.26. The average Bonchev–Trinajstić information content (AvgIpc) is 3.11. The number of hydrogen-bond acceptors (Lipinski definition) is 10. The summed E-state index contributed by atoms with van der Waals surface area (Å²) in [6.07, 6.45) is 21.1. The molecular formula is C39H77NO11S. The quantitative estimate of drug-likeness (QED) is 0.0286. The SMILES string of the molecule is CCCCCCCCCCCCCCCCCC(=O)NC(COC1OC(CO)C(O)C(OS(=O)(=O)O)C1O)C(O)CCCCCCCCCCCC. The van der Waals surface area contributed by atoms with Crippen LogP contribution in [-0.2, 0) is 28.9 Å². The molecule has 0 bridgehead atoms. The number of carbonyl (C=O) groups is 1. The van der Waals surface area contributed by atoms with Crippen LogP contribution in [0.2, 0.25) is 0 Å². The first-order valence-corrected chi connectivity index (χ1v) is 22.3. The minimum atomic E-state index is -5.07. The zero-order valence-corrected chi connectivity index (χ0v) is 33.5. The van der Waals surface area contributed by atoms with E-state index in [9.17, 15) is 33.6 Å². The van der Waals surface area contributed by atoms with Crippen molar-refractivity contribution in [2.24, 2.45) is 0 Å². The van der Waals surface area contributed by atoms with Crippen LogP contribution in [0.15, 0.2) is 0 Å². The van der Waals surface area contributed by atoms with Gasteiger partial charge in [0.05, 0.1) is 25.4 Å². The highest BCUT2D eigenvalue weighted by Gasteiger charge is 2.48. The normalized spacial score (nSPS) is 22.0. The lowest BCUT2D eigenvalue weighted by Crippen LogP contribution is -2.61. The molecule has 1 fully saturated rings. The summed E-state index contributed by atoms with van der Waals surface area (Å²) in [5, 5.41) is 44.6. The molecule has 310 valence electrons. The summed E-state index contributed by atoms with van der Waals surface area (Å²) in [6.45, 7) is 3.41. The third-order valence-corrected chi connectivity index (χ3v) is 10.6. The van der Waals surface area contributed by atoms with Crippen LogP contribution < -0.4 is 5.32 Å². The second-order valence-corrected chi connectivity index (χ2v) is 16.0. The maximum absolute atomic E-state index is 13.0. The average molecular weight is 768 g/mol. The molecule has 0 saturated carbocycles. The van der Waals surface area contributed by atoms with Crippen molar-refractivity contribution < 1.29 is 51.8 Å². The molecule has 1 aliphatic rings. The molecule has 1 amide bonds. The van der Waals surface area contributed by atoms with Crippen LogP contribution in [0.5, 0.6) is 0 Å². The van der Waals surface area contributed by atoms with Gasteiger partial charge in [0.25, 0.3) is 0 Å². The van der Waals surface area contributed by atoms with Gasteiger partial charge < -0.3 is 35.2 Å². The van der Waals surface area contributed by atoms with Gasteiger partial charge in [0.1, 0.15) is 24.4 Å². The molecule has 1 aliphatic heterocycles. The number of aliphatic hydroxyl groups is 4. The molecule has 13 heteroatoms. The van der Waals surface area contributed by atoms with Crippen molar-refractivity contribution in [1.29, 1.82) is 0 Å². The second-order valence-electron chi connectivity index (χ2n) is 14.9. The van der Waals surface area contributed by atoms with Crippen LogP contribution in [0.25, 0.3) is 0 Å². The fraction of sp³-hybridized carbons (Fsp3) is 0.974. The van der Waals surface area contributed by atoms with Crippen molar-refractivity contribution in [2.75, 3.05) is 13.2 Å². The summed E-state index contributed by atoms with van der Waals surface area (Å²) in [5.74, 6) is -0.230. The Morgan fingerprint density at radius 2 is 1.12 bits per heavy atom. The predicted octanol–water partition coefficient (Wildman–Crippen LogP) is 7.05. The molecule has 1 heterocycles. The lowest BCUT2D eigenvalue weighted by Gasteiger charge is -2.41. The van der Waals surface area contributed by atoms with E-state index in [1.807, 2.05) is 0 Å². The third-order valence-electron chi connectivity index (χ3n) is 10.2. The van der Waals surface area contributed by atoms with E-state index in [1.165, 1.54) is 109 Å². The van der Waals surface area contributed by atoms with E-state index in [0.29, 0.717) is 12.8 Å².